The van der Waals surface area contributed by atoms with Crippen molar-refractivity contribution in [2.24, 2.45) is 0 Å². The van der Waals surface area contributed by atoms with E-state index in [1.165, 1.54) is 0 Å². The third kappa shape index (κ3) is 1.72. The van der Waals surface area contributed by atoms with Crippen molar-refractivity contribution in [2.45, 2.75) is 6.92 Å². The van der Waals surface area contributed by atoms with Crippen LogP contribution >= 0.6 is 0 Å². The summed E-state index contributed by atoms with van der Waals surface area (Å²) >= 11 is 0. The largest absolute Gasteiger partial charge is 0.398 e. The molecule has 0 atom stereocenters. The van der Waals surface area contributed by atoms with Crippen molar-refractivity contribution in [1.29, 1.82) is 0 Å². The lowest BCUT2D eigenvalue weighted by atomic mass is 10.1. The van der Waals surface area contributed by atoms with Crippen molar-refractivity contribution in [3.05, 3.63) is 60.2 Å². The number of hydrogen-bond acceptors (Lipinski definition) is 2. The molecule has 0 aliphatic carbocycles. The Kier molecular flexibility index (Phi) is 2.49. The molecule has 18 heavy (non-hydrogen) atoms. The van der Waals surface area contributed by atoms with Gasteiger partial charge in [-0.3, -0.25) is 0 Å². The van der Waals surface area contributed by atoms with Gasteiger partial charge in [-0.2, -0.15) is 0 Å². The Hall–Kier alpha value is -2.35. The predicted octanol–water partition coefficient (Wildman–Crippen LogP) is 3.79. The molecule has 88 valence electrons. The minimum absolute atomic E-state index is 0.780. The fraction of sp³-hybridized carbons (Fsp3) is 0.0625. The van der Waals surface area contributed by atoms with Crippen LogP contribution in [0, 0.1) is 6.92 Å². The first kappa shape index (κ1) is 10.8. The van der Waals surface area contributed by atoms with Gasteiger partial charge < -0.3 is 5.73 Å². The van der Waals surface area contributed by atoms with Crippen LogP contribution in [-0.2, 0) is 0 Å². The molecule has 0 unspecified atom stereocenters. The monoisotopic (exact) mass is 234 g/mol. The number of rotatable bonds is 1. The Balaban J connectivity index is 2.31. The van der Waals surface area contributed by atoms with E-state index < -0.39 is 0 Å². The zero-order valence-electron chi connectivity index (χ0n) is 10.2. The molecular weight excluding hydrogens is 220 g/mol. The molecule has 0 spiro atoms. The Morgan fingerprint density at radius 1 is 0.944 bits per heavy atom. The summed E-state index contributed by atoms with van der Waals surface area (Å²) in [5.74, 6) is 0. The minimum atomic E-state index is 0.780. The van der Waals surface area contributed by atoms with Gasteiger partial charge in [-0.1, -0.05) is 48.5 Å². The van der Waals surface area contributed by atoms with Crippen molar-refractivity contribution in [3.63, 3.8) is 0 Å². The van der Waals surface area contributed by atoms with Gasteiger partial charge in [0.05, 0.1) is 11.2 Å². The summed E-state index contributed by atoms with van der Waals surface area (Å²) in [4.78, 5) is 4.73. The van der Waals surface area contributed by atoms with Crippen molar-refractivity contribution in [2.75, 3.05) is 5.73 Å². The molecular formula is C16H14N2. The molecule has 0 saturated carbocycles. The zero-order valence-corrected chi connectivity index (χ0v) is 10.2. The van der Waals surface area contributed by atoms with Crippen LogP contribution in [-0.4, -0.2) is 4.98 Å². The van der Waals surface area contributed by atoms with Gasteiger partial charge in [0.2, 0.25) is 0 Å². The van der Waals surface area contributed by atoms with Gasteiger partial charge in [-0.15, -0.1) is 0 Å². The van der Waals surface area contributed by atoms with Gasteiger partial charge in [0.1, 0.15) is 0 Å². The maximum absolute atomic E-state index is 6.12. The lowest BCUT2D eigenvalue weighted by Crippen LogP contribution is -1.94. The van der Waals surface area contributed by atoms with Crippen LogP contribution in [0.5, 0.6) is 0 Å². The SMILES string of the molecule is Cc1cccc2c(N)cc(-c3ccccc3)nc12. The van der Waals surface area contributed by atoms with Gasteiger partial charge >= 0.3 is 0 Å². The topological polar surface area (TPSA) is 38.9 Å². The van der Waals surface area contributed by atoms with E-state index in [4.69, 9.17) is 10.7 Å². The van der Waals surface area contributed by atoms with Crippen molar-refractivity contribution in [3.8, 4) is 11.3 Å². The molecule has 2 aromatic carbocycles. The van der Waals surface area contributed by atoms with E-state index in [2.05, 4.69) is 13.0 Å². The predicted molar refractivity (Wildman–Crippen MR) is 76.3 cm³/mol. The van der Waals surface area contributed by atoms with Crippen molar-refractivity contribution >= 4 is 16.6 Å². The van der Waals surface area contributed by atoms with E-state index in [1.54, 1.807) is 0 Å². The molecule has 1 aromatic heterocycles. The van der Waals surface area contributed by atoms with Crippen LogP contribution < -0.4 is 5.73 Å². The van der Waals surface area contributed by atoms with Crippen molar-refractivity contribution in [1.82, 2.24) is 4.98 Å². The Labute approximate surface area is 106 Å². The van der Waals surface area contributed by atoms with Crippen LogP contribution in [0.1, 0.15) is 5.56 Å². The maximum Gasteiger partial charge on any atom is 0.0759 e. The molecule has 0 saturated heterocycles. The number of aromatic nitrogens is 1. The first-order valence-corrected chi connectivity index (χ1v) is 5.97. The van der Waals surface area contributed by atoms with Gasteiger partial charge in [-0.25, -0.2) is 4.98 Å². The van der Waals surface area contributed by atoms with Gasteiger partial charge in [0.15, 0.2) is 0 Å². The summed E-state index contributed by atoms with van der Waals surface area (Å²) in [7, 11) is 0. The number of aryl methyl sites for hydroxylation is 1. The molecule has 2 N–H and O–H groups in total. The fourth-order valence-electron chi connectivity index (χ4n) is 2.17. The summed E-state index contributed by atoms with van der Waals surface area (Å²) < 4.78 is 0. The van der Waals surface area contributed by atoms with E-state index in [9.17, 15) is 0 Å². The highest BCUT2D eigenvalue weighted by molar-refractivity contribution is 5.94. The summed E-state index contributed by atoms with van der Waals surface area (Å²) in [5.41, 5.74) is 11.1. The highest BCUT2D eigenvalue weighted by atomic mass is 14.7. The second-order valence-electron chi connectivity index (χ2n) is 4.43. The van der Waals surface area contributed by atoms with Gasteiger partial charge in [0, 0.05) is 16.6 Å². The number of anilines is 1. The number of nitrogen functional groups attached to an aromatic ring is 1. The van der Waals surface area contributed by atoms with Gasteiger partial charge in [0.25, 0.3) is 0 Å². The number of hydrogen-bond donors (Lipinski definition) is 1. The Morgan fingerprint density at radius 2 is 1.72 bits per heavy atom. The summed E-state index contributed by atoms with van der Waals surface area (Å²) in [6, 6.07) is 18.1. The van der Waals surface area contributed by atoms with E-state index >= 15 is 0 Å². The number of fused-ring (bicyclic) bond motifs is 1. The highest BCUT2D eigenvalue weighted by Gasteiger charge is 2.06. The smallest absolute Gasteiger partial charge is 0.0759 e. The van der Waals surface area contributed by atoms with Crippen LogP contribution in [0.15, 0.2) is 54.6 Å². The Bertz CT molecular complexity index is 703. The first-order chi connectivity index (χ1) is 8.75. The van der Waals surface area contributed by atoms with Gasteiger partial charge in [-0.05, 0) is 18.6 Å². The quantitative estimate of drug-likeness (QED) is 0.695. The lowest BCUT2D eigenvalue weighted by molar-refractivity contribution is 1.36. The van der Waals surface area contributed by atoms with E-state index in [0.717, 1.165) is 33.4 Å². The third-order valence-electron chi connectivity index (χ3n) is 3.14. The lowest BCUT2D eigenvalue weighted by Gasteiger charge is -2.08. The molecule has 0 radical (unpaired) electrons. The maximum atomic E-state index is 6.12. The second-order valence-corrected chi connectivity index (χ2v) is 4.43. The average Bonchev–Trinajstić information content (AvgIpc) is 2.41. The fourth-order valence-corrected chi connectivity index (χ4v) is 2.17. The number of pyridine rings is 1. The Morgan fingerprint density at radius 3 is 2.50 bits per heavy atom. The molecule has 3 aromatic rings. The molecule has 0 bridgehead atoms. The highest BCUT2D eigenvalue weighted by Crippen LogP contribution is 2.27. The number of nitrogens with zero attached hydrogens (tertiary/aromatic N) is 1. The standard InChI is InChI=1S/C16H14N2/c1-11-6-5-9-13-14(17)10-15(18-16(11)13)12-7-3-2-4-8-12/h2-10H,1H3,(H2,17,18). The molecule has 0 amide bonds. The van der Waals surface area contributed by atoms with Crippen LogP contribution in [0.3, 0.4) is 0 Å². The number of nitrogens with two attached hydrogens (primary N) is 1. The first-order valence-electron chi connectivity index (χ1n) is 5.97. The molecule has 0 aliphatic rings. The zero-order chi connectivity index (χ0) is 12.5. The normalized spacial score (nSPS) is 10.7. The second kappa shape index (κ2) is 4.15. The van der Waals surface area contributed by atoms with Crippen molar-refractivity contribution < 1.29 is 0 Å². The summed E-state index contributed by atoms with van der Waals surface area (Å²) in [5, 5.41) is 1.02. The third-order valence-corrected chi connectivity index (χ3v) is 3.14. The van der Waals surface area contributed by atoms with E-state index in [0.29, 0.717) is 0 Å². The van der Waals surface area contributed by atoms with Crippen LogP contribution in [0.4, 0.5) is 5.69 Å². The average molecular weight is 234 g/mol. The van der Waals surface area contributed by atoms with Crippen LogP contribution in [0.25, 0.3) is 22.2 Å². The molecule has 3 rings (SSSR count). The van der Waals surface area contributed by atoms with E-state index in [1.807, 2.05) is 48.5 Å². The minimum Gasteiger partial charge on any atom is -0.398 e. The van der Waals surface area contributed by atoms with Crippen LogP contribution in [0.2, 0.25) is 0 Å². The number of para-hydroxylation sites is 1. The summed E-state index contributed by atoms with van der Waals surface area (Å²) in [6.07, 6.45) is 0. The molecule has 1 heterocycles. The molecule has 0 fully saturated rings. The number of benzene rings is 2. The molecule has 0 aliphatic heterocycles. The van der Waals surface area contributed by atoms with E-state index in [-0.39, 0.29) is 0 Å². The molecule has 2 heteroatoms. The molecule has 2 nitrogen and oxygen atoms in total. The summed E-state index contributed by atoms with van der Waals surface area (Å²) in [6.45, 7) is 2.06.